The second-order valence-corrected chi connectivity index (χ2v) is 7.87. The Morgan fingerprint density at radius 1 is 0.938 bits per heavy atom. The van der Waals surface area contributed by atoms with Gasteiger partial charge in [0, 0.05) is 39.2 Å². The summed E-state index contributed by atoms with van der Waals surface area (Å²) in [5.74, 6) is -0.300. The van der Waals surface area contributed by atoms with E-state index in [-0.39, 0.29) is 5.91 Å². The largest absolute Gasteiger partial charge is 0.423 e. The summed E-state index contributed by atoms with van der Waals surface area (Å²) in [6, 6.07) is 23.3. The number of carbonyl (C=O) groups is 1. The predicted molar refractivity (Wildman–Crippen MR) is 127 cm³/mol. The van der Waals surface area contributed by atoms with Crippen LogP contribution >= 0.6 is 11.6 Å². The van der Waals surface area contributed by atoms with Crippen LogP contribution in [0.4, 0.5) is 5.69 Å². The molecule has 3 aromatic carbocycles. The van der Waals surface area contributed by atoms with Crippen molar-refractivity contribution in [3.8, 4) is 11.3 Å². The fourth-order valence-corrected chi connectivity index (χ4v) is 4.00. The summed E-state index contributed by atoms with van der Waals surface area (Å²) in [7, 11) is 0. The van der Waals surface area contributed by atoms with E-state index >= 15 is 0 Å². The number of pyridine rings is 1. The van der Waals surface area contributed by atoms with Crippen molar-refractivity contribution in [1.82, 2.24) is 4.98 Å². The van der Waals surface area contributed by atoms with E-state index in [1.54, 1.807) is 24.3 Å². The van der Waals surface area contributed by atoms with Gasteiger partial charge in [0.25, 0.3) is 5.91 Å². The molecule has 0 spiro atoms. The van der Waals surface area contributed by atoms with Gasteiger partial charge in [0.05, 0.1) is 16.8 Å². The van der Waals surface area contributed by atoms with Crippen LogP contribution in [0.5, 0.6) is 0 Å². The van der Waals surface area contributed by atoms with Gasteiger partial charge in [0.2, 0.25) is 0 Å². The standard InChI is InChI=1S/C26H17ClN2O3/c1-15-12-25(30)32-24-13-16(10-11-17(15)24)28-26(31)20-14-23(19-7-2-4-8-21(19)27)29-22-9-5-3-6-18(20)22/h2-14H,1H3,(H,28,31). The molecule has 1 amide bonds. The molecule has 0 saturated heterocycles. The number of nitrogens with one attached hydrogen (secondary N) is 1. The minimum Gasteiger partial charge on any atom is -0.423 e. The van der Waals surface area contributed by atoms with E-state index in [0.717, 1.165) is 21.9 Å². The lowest BCUT2D eigenvalue weighted by atomic mass is 10.0. The van der Waals surface area contributed by atoms with Crippen LogP contribution in [0.3, 0.4) is 0 Å². The lowest BCUT2D eigenvalue weighted by molar-refractivity contribution is 0.102. The summed E-state index contributed by atoms with van der Waals surface area (Å²) in [6.07, 6.45) is 0. The van der Waals surface area contributed by atoms with E-state index in [2.05, 4.69) is 5.32 Å². The van der Waals surface area contributed by atoms with Gasteiger partial charge in [-0.05, 0) is 42.8 Å². The minimum absolute atomic E-state index is 0.300. The molecule has 156 valence electrons. The van der Waals surface area contributed by atoms with Crippen LogP contribution in [-0.4, -0.2) is 10.9 Å². The molecule has 6 heteroatoms. The van der Waals surface area contributed by atoms with Crippen LogP contribution in [0.1, 0.15) is 15.9 Å². The number of rotatable bonds is 3. The van der Waals surface area contributed by atoms with Gasteiger partial charge in [0.1, 0.15) is 5.58 Å². The van der Waals surface area contributed by atoms with E-state index in [4.69, 9.17) is 21.0 Å². The van der Waals surface area contributed by atoms with Crippen LogP contribution < -0.4 is 10.9 Å². The number of aromatic nitrogens is 1. The maximum absolute atomic E-state index is 13.3. The summed E-state index contributed by atoms with van der Waals surface area (Å²) >= 11 is 6.38. The average molecular weight is 441 g/mol. The highest BCUT2D eigenvalue weighted by Crippen LogP contribution is 2.30. The van der Waals surface area contributed by atoms with E-state index in [0.29, 0.717) is 33.1 Å². The Morgan fingerprint density at radius 3 is 2.56 bits per heavy atom. The van der Waals surface area contributed by atoms with Crippen molar-refractivity contribution in [2.75, 3.05) is 5.32 Å². The molecule has 2 aromatic heterocycles. The summed E-state index contributed by atoms with van der Waals surface area (Å²) in [6.45, 7) is 1.84. The Kier molecular flexibility index (Phi) is 4.96. The summed E-state index contributed by atoms with van der Waals surface area (Å²) in [4.78, 5) is 29.7. The molecule has 32 heavy (non-hydrogen) atoms. The van der Waals surface area contributed by atoms with E-state index < -0.39 is 5.63 Å². The van der Waals surface area contributed by atoms with Gasteiger partial charge < -0.3 is 9.73 Å². The molecule has 0 unspecified atom stereocenters. The SMILES string of the molecule is Cc1cc(=O)oc2cc(NC(=O)c3cc(-c4ccccc4Cl)nc4ccccc34)ccc12. The highest BCUT2D eigenvalue weighted by atomic mass is 35.5. The smallest absolute Gasteiger partial charge is 0.336 e. The van der Waals surface area contributed by atoms with Crippen molar-refractivity contribution in [3.05, 3.63) is 105 Å². The Balaban J connectivity index is 1.59. The third-order valence-corrected chi connectivity index (χ3v) is 5.65. The van der Waals surface area contributed by atoms with E-state index in [9.17, 15) is 9.59 Å². The van der Waals surface area contributed by atoms with Crippen LogP contribution in [0, 0.1) is 6.92 Å². The van der Waals surface area contributed by atoms with Crippen LogP contribution in [0.15, 0.2) is 88.1 Å². The Labute approximate surface area is 188 Å². The number of fused-ring (bicyclic) bond motifs is 2. The number of nitrogens with zero attached hydrogens (tertiary/aromatic N) is 1. The average Bonchev–Trinajstić information content (AvgIpc) is 2.78. The lowest BCUT2D eigenvalue weighted by Crippen LogP contribution is -2.13. The topological polar surface area (TPSA) is 72.2 Å². The molecule has 0 aliphatic heterocycles. The zero-order valence-corrected chi connectivity index (χ0v) is 17.8. The normalized spacial score (nSPS) is 11.1. The molecular weight excluding hydrogens is 424 g/mol. The van der Waals surface area contributed by atoms with E-state index in [1.807, 2.05) is 55.5 Å². The maximum atomic E-state index is 13.3. The molecule has 0 aliphatic carbocycles. The molecule has 5 rings (SSSR count). The summed E-state index contributed by atoms with van der Waals surface area (Å²) in [5.41, 5.74) is 3.85. The first-order valence-corrected chi connectivity index (χ1v) is 10.4. The number of halogens is 1. The van der Waals surface area contributed by atoms with Gasteiger partial charge in [-0.1, -0.05) is 48.0 Å². The summed E-state index contributed by atoms with van der Waals surface area (Å²) < 4.78 is 5.30. The number of benzene rings is 3. The molecule has 1 N–H and O–H groups in total. The number of carbonyl (C=O) groups excluding carboxylic acids is 1. The monoisotopic (exact) mass is 440 g/mol. The number of hydrogen-bond donors (Lipinski definition) is 1. The van der Waals surface area contributed by atoms with Crippen molar-refractivity contribution in [2.24, 2.45) is 0 Å². The number of para-hydroxylation sites is 1. The molecule has 5 aromatic rings. The quantitative estimate of drug-likeness (QED) is 0.338. The Hall–Kier alpha value is -3.96. The van der Waals surface area contributed by atoms with Gasteiger partial charge in [-0.15, -0.1) is 0 Å². The zero-order chi connectivity index (χ0) is 22.2. The van der Waals surface area contributed by atoms with Gasteiger partial charge in [-0.2, -0.15) is 0 Å². The number of amides is 1. The third kappa shape index (κ3) is 3.63. The first-order valence-electron chi connectivity index (χ1n) is 10.0. The van der Waals surface area contributed by atoms with Crippen molar-refractivity contribution in [2.45, 2.75) is 6.92 Å². The fraction of sp³-hybridized carbons (Fsp3) is 0.0385. The number of hydrogen-bond acceptors (Lipinski definition) is 4. The third-order valence-electron chi connectivity index (χ3n) is 5.32. The highest BCUT2D eigenvalue weighted by molar-refractivity contribution is 6.33. The Morgan fingerprint density at radius 2 is 1.72 bits per heavy atom. The molecule has 0 radical (unpaired) electrons. The molecule has 0 aliphatic rings. The second kappa shape index (κ2) is 7.94. The van der Waals surface area contributed by atoms with Crippen molar-refractivity contribution < 1.29 is 9.21 Å². The number of aryl methyl sites for hydroxylation is 1. The van der Waals surface area contributed by atoms with Crippen LogP contribution in [0.25, 0.3) is 33.1 Å². The molecule has 0 atom stereocenters. The number of anilines is 1. The van der Waals surface area contributed by atoms with Crippen molar-refractivity contribution >= 4 is 45.1 Å². The predicted octanol–water partition coefficient (Wildman–Crippen LogP) is 6.22. The fourth-order valence-electron chi connectivity index (χ4n) is 3.77. The highest BCUT2D eigenvalue weighted by Gasteiger charge is 2.16. The van der Waals surface area contributed by atoms with Gasteiger partial charge in [-0.25, -0.2) is 9.78 Å². The molecule has 0 fully saturated rings. The van der Waals surface area contributed by atoms with Crippen LogP contribution in [-0.2, 0) is 0 Å². The first-order chi connectivity index (χ1) is 15.5. The molecule has 0 saturated carbocycles. The van der Waals surface area contributed by atoms with E-state index in [1.165, 1.54) is 6.07 Å². The lowest BCUT2D eigenvalue weighted by Gasteiger charge is -2.12. The first kappa shape index (κ1) is 20.0. The molecular formula is C26H17ClN2O3. The van der Waals surface area contributed by atoms with Crippen molar-refractivity contribution in [1.29, 1.82) is 0 Å². The second-order valence-electron chi connectivity index (χ2n) is 7.47. The van der Waals surface area contributed by atoms with Gasteiger partial charge in [0.15, 0.2) is 0 Å². The molecule has 0 bridgehead atoms. The molecule has 2 heterocycles. The van der Waals surface area contributed by atoms with Gasteiger partial charge >= 0.3 is 5.63 Å². The zero-order valence-electron chi connectivity index (χ0n) is 17.1. The summed E-state index contributed by atoms with van der Waals surface area (Å²) in [5, 5.41) is 5.01. The van der Waals surface area contributed by atoms with Crippen molar-refractivity contribution in [3.63, 3.8) is 0 Å². The minimum atomic E-state index is -0.428. The maximum Gasteiger partial charge on any atom is 0.336 e. The Bertz CT molecular complexity index is 1570. The van der Waals surface area contributed by atoms with Crippen LogP contribution in [0.2, 0.25) is 5.02 Å². The molecule has 5 nitrogen and oxygen atoms in total. The van der Waals surface area contributed by atoms with Gasteiger partial charge in [-0.3, -0.25) is 4.79 Å².